The molecule has 0 unspecified atom stereocenters. The summed E-state index contributed by atoms with van der Waals surface area (Å²) in [5.41, 5.74) is 2.25. The molecule has 0 saturated heterocycles. The molecule has 0 heterocycles. The van der Waals surface area contributed by atoms with Crippen molar-refractivity contribution in [3.63, 3.8) is 0 Å². The third kappa shape index (κ3) is 4.95. The molecule has 0 radical (unpaired) electrons. The summed E-state index contributed by atoms with van der Waals surface area (Å²) in [5.74, 6) is 1.89. The van der Waals surface area contributed by atoms with Crippen molar-refractivity contribution in [1.29, 1.82) is 0 Å². The van der Waals surface area contributed by atoms with Gasteiger partial charge in [-0.05, 0) is 48.7 Å². The fourth-order valence-corrected chi connectivity index (χ4v) is 1.96. The van der Waals surface area contributed by atoms with Crippen LogP contribution in [0.4, 0.5) is 0 Å². The van der Waals surface area contributed by atoms with Gasteiger partial charge in [-0.2, -0.15) is 0 Å². The van der Waals surface area contributed by atoms with Gasteiger partial charge in [0, 0.05) is 6.42 Å². The number of ether oxygens (including phenoxy) is 2. The van der Waals surface area contributed by atoms with Gasteiger partial charge in [0.25, 0.3) is 0 Å². The number of aryl methyl sites for hydroxylation is 1. The SMILES string of the molecule is COc1ccc(COc2ccc(CCC(C)=O)cc2)cc1. The maximum Gasteiger partial charge on any atom is 0.130 e. The summed E-state index contributed by atoms with van der Waals surface area (Å²) in [5, 5.41) is 0. The maximum atomic E-state index is 11.0. The highest BCUT2D eigenvalue weighted by Crippen LogP contribution is 2.17. The highest BCUT2D eigenvalue weighted by Gasteiger charge is 2.00. The monoisotopic (exact) mass is 284 g/mol. The Balaban J connectivity index is 1.86. The average Bonchev–Trinajstić information content (AvgIpc) is 2.52. The molecule has 21 heavy (non-hydrogen) atoms. The molecule has 110 valence electrons. The van der Waals surface area contributed by atoms with E-state index in [2.05, 4.69) is 0 Å². The van der Waals surface area contributed by atoms with Crippen LogP contribution in [-0.2, 0) is 17.8 Å². The smallest absolute Gasteiger partial charge is 0.130 e. The molecule has 2 aromatic rings. The zero-order valence-corrected chi connectivity index (χ0v) is 12.5. The molecule has 0 fully saturated rings. The van der Waals surface area contributed by atoms with E-state index in [-0.39, 0.29) is 5.78 Å². The number of benzene rings is 2. The molecule has 0 aliphatic rings. The Morgan fingerprint density at radius 1 is 0.905 bits per heavy atom. The van der Waals surface area contributed by atoms with Crippen LogP contribution in [0.15, 0.2) is 48.5 Å². The minimum Gasteiger partial charge on any atom is -0.497 e. The Bertz CT molecular complexity index is 570. The van der Waals surface area contributed by atoms with Gasteiger partial charge in [0.15, 0.2) is 0 Å². The first-order valence-corrected chi connectivity index (χ1v) is 7.01. The number of ketones is 1. The zero-order valence-electron chi connectivity index (χ0n) is 12.5. The molecule has 0 bridgehead atoms. The van der Waals surface area contributed by atoms with E-state index in [9.17, 15) is 4.79 Å². The van der Waals surface area contributed by atoms with Gasteiger partial charge in [-0.15, -0.1) is 0 Å². The van der Waals surface area contributed by atoms with Crippen LogP contribution >= 0.6 is 0 Å². The molecule has 0 amide bonds. The second kappa shape index (κ2) is 7.48. The van der Waals surface area contributed by atoms with Gasteiger partial charge in [-0.25, -0.2) is 0 Å². The van der Waals surface area contributed by atoms with Crippen molar-refractivity contribution in [2.24, 2.45) is 0 Å². The van der Waals surface area contributed by atoms with Gasteiger partial charge in [0.2, 0.25) is 0 Å². The van der Waals surface area contributed by atoms with Crippen molar-refractivity contribution in [2.45, 2.75) is 26.4 Å². The van der Waals surface area contributed by atoms with Gasteiger partial charge in [-0.1, -0.05) is 24.3 Å². The van der Waals surface area contributed by atoms with E-state index in [1.807, 2.05) is 48.5 Å². The van der Waals surface area contributed by atoms with Crippen LogP contribution in [0.25, 0.3) is 0 Å². The lowest BCUT2D eigenvalue weighted by molar-refractivity contribution is -0.116. The lowest BCUT2D eigenvalue weighted by atomic mass is 10.1. The summed E-state index contributed by atoms with van der Waals surface area (Å²) >= 11 is 0. The van der Waals surface area contributed by atoms with Crippen LogP contribution in [0, 0.1) is 0 Å². The first-order chi connectivity index (χ1) is 10.2. The molecule has 2 rings (SSSR count). The standard InChI is InChI=1S/C18H20O3/c1-14(19)3-4-15-5-11-18(12-6-15)21-13-16-7-9-17(20-2)10-8-16/h5-12H,3-4,13H2,1-2H3. The van der Waals surface area contributed by atoms with Crippen LogP contribution in [0.1, 0.15) is 24.5 Å². The zero-order chi connectivity index (χ0) is 15.1. The van der Waals surface area contributed by atoms with Crippen molar-refractivity contribution < 1.29 is 14.3 Å². The topological polar surface area (TPSA) is 35.5 Å². The van der Waals surface area contributed by atoms with E-state index < -0.39 is 0 Å². The van der Waals surface area contributed by atoms with Gasteiger partial charge in [0.05, 0.1) is 7.11 Å². The summed E-state index contributed by atoms with van der Waals surface area (Å²) in [6.45, 7) is 2.14. The number of methoxy groups -OCH3 is 1. The van der Waals surface area contributed by atoms with Gasteiger partial charge in [0.1, 0.15) is 23.9 Å². The predicted octanol–water partition coefficient (Wildman–Crippen LogP) is 3.80. The highest BCUT2D eigenvalue weighted by atomic mass is 16.5. The first-order valence-electron chi connectivity index (χ1n) is 7.01. The number of hydrogen-bond acceptors (Lipinski definition) is 3. The fraction of sp³-hybridized carbons (Fsp3) is 0.278. The summed E-state index contributed by atoms with van der Waals surface area (Å²) in [6.07, 6.45) is 1.38. The van der Waals surface area contributed by atoms with Gasteiger partial charge in [-0.3, -0.25) is 0 Å². The average molecular weight is 284 g/mol. The molecule has 0 aliphatic heterocycles. The fourth-order valence-electron chi connectivity index (χ4n) is 1.96. The number of carbonyl (C=O) groups excluding carboxylic acids is 1. The summed E-state index contributed by atoms with van der Waals surface area (Å²) < 4.78 is 10.9. The lowest BCUT2D eigenvalue weighted by Gasteiger charge is -2.08. The minimum atomic E-state index is 0.217. The van der Waals surface area contributed by atoms with E-state index in [0.717, 1.165) is 29.0 Å². The van der Waals surface area contributed by atoms with E-state index in [1.165, 1.54) is 0 Å². The van der Waals surface area contributed by atoms with Crippen LogP contribution in [0.5, 0.6) is 11.5 Å². The van der Waals surface area contributed by atoms with Crippen molar-refractivity contribution in [2.75, 3.05) is 7.11 Å². The molecule has 0 aromatic heterocycles. The van der Waals surface area contributed by atoms with E-state index in [4.69, 9.17) is 9.47 Å². The largest absolute Gasteiger partial charge is 0.497 e. The molecule has 0 saturated carbocycles. The molecule has 0 N–H and O–H groups in total. The summed E-state index contributed by atoms with van der Waals surface area (Å²) in [4.78, 5) is 11.0. The molecular formula is C18H20O3. The number of rotatable bonds is 7. The molecule has 0 atom stereocenters. The Hall–Kier alpha value is -2.29. The second-order valence-electron chi connectivity index (χ2n) is 4.98. The van der Waals surface area contributed by atoms with Crippen LogP contribution in [0.2, 0.25) is 0 Å². The van der Waals surface area contributed by atoms with Crippen molar-refractivity contribution in [1.82, 2.24) is 0 Å². The predicted molar refractivity (Wildman–Crippen MR) is 82.8 cm³/mol. The Morgan fingerprint density at radius 2 is 1.48 bits per heavy atom. The lowest BCUT2D eigenvalue weighted by Crippen LogP contribution is -1.97. The first kappa shape index (κ1) is 15.1. The Morgan fingerprint density at radius 3 is 2.05 bits per heavy atom. The molecule has 3 nitrogen and oxygen atoms in total. The molecule has 0 aliphatic carbocycles. The Kier molecular flexibility index (Phi) is 5.38. The second-order valence-corrected chi connectivity index (χ2v) is 4.98. The normalized spacial score (nSPS) is 10.2. The summed E-state index contributed by atoms with van der Waals surface area (Å²) in [6, 6.07) is 15.7. The molecule has 3 heteroatoms. The van der Waals surface area contributed by atoms with E-state index in [0.29, 0.717) is 13.0 Å². The summed E-state index contributed by atoms with van der Waals surface area (Å²) in [7, 11) is 1.65. The number of carbonyl (C=O) groups is 1. The van der Waals surface area contributed by atoms with Crippen molar-refractivity contribution in [3.8, 4) is 11.5 Å². The molecule has 0 spiro atoms. The van der Waals surface area contributed by atoms with Crippen LogP contribution in [-0.4, -0.2) is 12.9 Å². The van der Waals surface area contributed by atoms with E-state index >= 15 is 0 Å². The van der Waals surface area contributed by atoms with Crippen LogP contribution < -0.4 is 9.47 Å². The molecule has 2 aromatic carbocycles. The third-order valence-electron chi connectivity index (χ3n) is 3.25. The minimum absolute atomic E-state index is 0.217. The highest BCUT2D eigenvalue weighted by molar-refractivity contribution is 5.75. The number of hydrogen-bond donors (Lipinski definition) is 0. The van der Waals surface area contributed by atoms with Gasteiger partial charge >= 0.3 is 0 Å². The Labute approximate surface area is 125 Å². The van der Waals surface area contributed by atoms with Crippen LogP contribution in [0.3, 0.4) is 0 Å². The van der Waals surface area contributed by atoms with Crippen molar-refractivity contribution >= 4 is 5.78 Å². The maximum absolute atomic E-state index is 11.0. The van der Waals surface area contributed by atoms with Gasteiger partial charge < -0.3 is 14.3 Å². The third-order valence-corrected chi connectivity index (χ3v) is 3.25. The number of Topliss-reactive ketones (excluding diaryl/α,β-unsaturated/α-hetero) is 1. The van der Waals surface area contributed by atoms with Crippen molar-refractivity contribution in [3.05, 3.63) is 59.7 Å². The van der Waals surface area contributed by atoms with E-state index in [1.54, 1.807) is 14.0 Å². The molecular weight excluding hydrogens is 264 g/mol. The quantitative estimate of drug-likeness (QED) is 0.776.